The number of amides is 1. The van der Waals surface area contributed by atoms with E-state index in [0.29, 0.717) is 31.4 Å². The molecule has 3 heterocycles. The first-order chi connectivity index (χ1) is 13.2. The van der Waals surface area contributed by atoms with Crippen LogP contribution in [0, 0.1) is 5.92 Å². The van der Waals surface area contributed by atoms with Gasteiger partial charge in [0.15, 0.2) is 11.5 Å². The highest BCUT2D eigenvalue weighted by molar-refractivity contribution is 5.83. The third kappa shape index (κ3) is 3.77. The van der Waals surface area contributed by atoms with Crippen molar-refractivity contribution in [3.8, 4) is 0 Å². The number of aromatic nitrogens is 4. The van der Waals surface area contributed by atoms with Gasteiger partial charge in [0.1, 0.15) is 18.5 Å². The monoisotopic (exact) mass is 364 g/mol. The second-order valence-electron chi connectivity index (χ2n) is 7.06. The zero-order valence-electron chi connectivity index (χ0n) is 15.5. The van der Waals surface area contributed by atoms with Gasteiger partial charge < -0.3 is 10.2 Å². The average molecular weight is 364 g/mol. The number of nitrogens with zero attached hydrogens (tertiary/aromatic N) is 5. The second-order valence-corrected chi connectivity index (χ2v) is 7.06. The van der Waals surface area contributed by atoms with Crippen LogP contribution in [-0.4, -0.2) is 36.9 Å². The van der Waals surface area contributed by atoms with Crippen LogP contribution < -0.4 is 5.32 Å². The van der Waals surface area contributed by atoms with Gasteiger partial charge in [-0.3, -0.25) is 9.36 Å². The molecule has 140 valence electrons. The van der Waals surface area contributed by atoms with Crippen LogP contribution >= 0.6 is 0 Å². The average Bonchev–Trinajstić information content (AvgIpc) is 3.25. The Morgan fingerprint density at radius 3 is 2.85 bits per heavy atom. The van der Waals surface area contributed by atoms with Crippen molar-refractivity contribution < 1.29 is 4.79 Å². The van der Waals surface area contributed by atoms with Gasteiger partial charge in [0.25, 0.3) is 0 Å². The first-order valence-corrected chi connectivity index (χ1v) is 9.46. The molecule has 1 aliphatic rings. The number of rotatable bonds is 7. The Balaban J connectivity index is 1.50. The van der Waals surface area contributed by atoms with Crippen molar-refractivity contribution in [1.29, 1.82) is 0 Å². The lowest BCUT2D eigenvalue weighted by molar-refractivity contribution is -0.129. The topological polar surface area (TPSA) is 75.9 Å². The van der Waals surface area contributed by atoms with Crippen LogP contribution in [0.3, 0.4) is 0 Å². The van der Waals surface area contributed by atoms with Gasteiger partial charge >= 0.3 is 0 Å². The highest BCUT2D eigenvalue weighted by Crippen LogP contribution is 2.24. The number of hydrogen-bond acceptors (Lipinski definition) is 5. The second kappa shape index (κ2) is 7.73. The van der Waals surface area contributed by atoms with Gasteiger partial charge in [0.05, 0.1) is 6.33 Å². The lowest BCUT2D eigenvalue weighted by Crippen LogP contribution is -2.27. The van der Waals surface area contributed by atoms with E-state index in [2.05, 4.69) is 39.3 Å². The van der Waals surface area contributed by atoms with E-state index < -0.39 is 0 Å². The van der Waals surface area contributed by atoms with Crippen LogP contribution in [0.1, 0.15) is 31.7 Å². The fourth-order valence-electron chi connectivity index (χ4n) is 3.67. The first-order valence-electron chi connectivity index (χ1n) is 9.46. The molecule has 1 aromatic carbocycles. The summed E-state index contributed by atoms with van der Waals surface area (Å²) < 4.78 is 1.93. The zero-order valence-corrected chi connectivity index (χ0v) is 15.5. The van der Waals surface area contributed by atoms with Crippen molar-refractivity contribution >= 4 is 22.9 Å². The zero-order chi connectivity index (χ0) is 18.6. The number of imidazole rings is 1. The number of carbonyl (C=O) groups is 1. The van der Waals surface area contributed by atoms with Gasteiger partial charge in [-0.05, 0) is 17.9 Å². The minimum absolute atomic E-state index is 0.215. The number of likely N-dealkylation sites (tertiary alicyclic amines) is 1. The molecule has 7 heteroatoms. The number of benzene rings is 1. The summed E-state index contributed by atoms with van der Waals surface area (Å²) in [5.41, 5.74) is 2.64. The van der Waals surface area contributed by atoms with E-state index >= 15 is 0 Å². The molecule has 2 aromatic heterocycles. The van der Waals surface area contributed by atoms with Crippen molar-refractivity contribution in [3.05, 3.63) is 48.5 Å². The third-order valence-electron chi connectivity index (χ3n) is 5.02. The lowest BCUT2D eigenvalue weighted by Gasteiger charge is -2.17. The first kappa shape index (κ1) is 17.5. The highest BCUT2D eigenvalue weighted by atomic mass is 16.2. The van der Waals surface area contributed by atoms with E-state index in [9.17, 15) is 4.79 Å². The number of nitrogens with one attached hydrogen (secondary N) is 1. The summed E-state index contributed by atoms with van der Waals surface area (Å²) in [7, 11) is 0. The largest absolute Gasteiger partial charge is 0.364 e. The summed E-state index contributed by atoms with van der Waals surface area (Å²) >= 11 is 0. The van der Waals surface area contributed by atoms with Crippen molar-refractivity contribution in [3.63, 3.8) is 0 Å². The molecule has 7 nitrogen and oxygen atoms in total. The maximum absolute atomic E-state index is 12.3. The van der Waals surface area contributed by atoms with Crippen LogP contribution in [0.15, 0.2) is 43.0 Å². The molecule has 1 amide bonds. The van der Waals surface area contributed by atoms with Crippen molar-refractivity contribution in [1.82, 2.24) is 24.4 Å². The van der Waals surface area contributed by atoms with E-state index in [0.717, 1.165) is 30.6 Å². The molecule has 0 saturated carbocycles. The molecule has 3 aromatic rings. The lowest BCUT2D eigenvalue weighted by atomic mass is 10.0. The van der Waals surface area contributed by atoms with Crippen LogP contribution in [0.5, 0.6) is 0 Å². The summed E-state index contributed by atoms with van der Waals surface area (Å²) in [5.74, 6) is 1.39. The summed E-state index contributed by atoms with van der Waals surface area (Å²) in [6.45, 7) is 4.14. The van der Waals surface area contributed by atoms with Crippen LogP contribution in [0.4, 0.5) is 5.82 Å². The van der Waals surface area contributed by atoms with Crippen LogP contribution in [0.2, 0.25) is 0 Å². The Bertz CT molecular complexity index is 923. The van der Waals surface area contributed by atoms with Gasteiger partial charge in [-0.25, -0.2) is 15.0 Å². The molecule has 0 aliphatic carbocycles. The predicted octanol–water partition coefficient (Wildman–Crippen LogP) is 3.04. The Labute approximate surface area is 158 Å². The molecule has 0 spiro atoms. The molecule has 1 unspecified atom stereocenters. The predicted molar refractivity (Wildman–Crippen MR) is 104 cm³/mol. The van der Waals surface area contributed by atoms with E-state index in [-0.39, 0.29) is 5.91 Å². The van der Waals surface area contributed by atoms with Gasteiger partial charge in [-0.1, -0.05) is 43.7 Å². The molecular weight excluding hydrogens is 340 g/mol. The van der Waals surface area contributed by atoms with Crippen molar-refractivity contribution in [2.45, 2.75) is 39.4 Å². The fourth-order valence-corrected chi connectivity index (χ4v) is 3.67. The number of carbonyl (C=O) groups excluding carboxylic acids is 1. The quantitative estimate of drug-likeness (QED) is 0.697. The van der Waals surface area contributed by atoms with Crippen LogP contribution in [-0.2, 0) is 18.0 Å². The Morgan fingerprint density at radius 2 is 2.04 bits per heavy atom. The molecular formula is C20H24N6O. The Morgan fingerprint density at radius 1 is 1.19 bits per heavy atom. The van der Waals surface area contributed by atoms with Crippen molar-refractivity contribution in [2.24, 2.45) is 5.92 Å². The number of fused-ring (bicyclic) bond motifs is 1. The Hall–Kier alpha value is -2.96. The summed E-state index contributed by atoms with van der Waals surface area (Å²) in [5, 5.41) is 3.34. The molecule has 27 heavy (non-hydrogen) atoms. The van der Waals surface area contributed by atoms with Gasteiger partial charge in [0, 0.05) is 19.5 Å². The van der Waals surface area contributed by atoms with Crippen molar-refractivity contribution in [2.75, 3.05) is 11.9 Å². The normalized spacial score (nSPS) is 17.0. The molecule has 1 fully saturated rings. The number of hydrogen-bond donors (Lipinski definition) is 1. The summed E-state index contributed by atoms with van der Waals surface area (Å²) in [4.78, 5) is 27.4. The van der Waals surface area contributed by atoms with E-state index in [4.69, 9.17) is 0 Å². The SMILES string of the molecule is CCCC1CC(=O)N(Cn2cnc3c(NCc4ccccc4)ncnc32)C1. The molecule has 1 atom stereocenters. The number of anilines is 1. The minimum Gasteiger partial charge on any atom is -0.364 e. The van der Waals surface area contributed by atoms with E-state index in [1.807, 2.05) is 27.7 Å². The maximum atomic E-state index is 12.3. The summed E-state index contributed by atoms with van der Waals surface area (Å²) in [6, 6.07) is 10.2. The maximum Gasteiger partial charge on any atom is 0.224 e. The van der Waals surface area contributed by atoms with Gasteiger partial charge in [0.2, 0.25) is 5.91 Å². The minimum atomic E-state index is 0.215. The van der Waals surface area contributed by atoms with E-state index in [1.165, 1.54) is 5.56 Å². The van der Waals surface area contributed by atoms with Gasteiger partial charge in [-0.15, -0.1) is 0 Å². The fraction of sp³-hybridized carbons (Fsp3) is 0.400. The third-order valence-corrected chi connectivity index (χ3v) is 5.02. The standard InChI is InChI=1S/C20H24N6O/c1-2-6-16-9-17(27)25(11-16)14-26-13-24-18-19(22-12-23-20(18)26)21-10-15-7-4-3-5-8-15/h3-5,7-8,12-13,16H,2,6,9-11,14H2,1H3,(H,21,22,23). The van der Waals surface area contributed by atoms with E-state index in [1.54, 1.807) is 12.7 Å². The summed E-state index contributed by atoms with van der Waals surface area (Å²) in [6.07, 6.45) is 6.15. The smallest absolute Gasteiger partial charge is 0.224 e. The molecule has 1 N–H and O–H groups in total. The Kier molecular flexibility index (Phi) is 5.00. The molecule has 4 rings (SSSR count). The van der Waals surface area contributed by atoms with Gasteiger partial charge in [-0.2, -0.15) is 0 Å². The van der Waals surface area contributed by atoms with Crippen LogP contribution in [0.25, 0.3) is 11.2 Å². The highest BCUT2D eigenvalue weighted by Gasteiger charge is 2.29. The molecule has 0 radical (unpaired) electrons. The molecule has 1 aliphatic heterocycles. The molecule has 1 saturated heterocycles. The molecule has 0 bridgehead atoms.